The van der Waals surface area contributed by atoms with E-state index < -0.39 is 0 Å². The van der Waals surface area contributed by atoms with E-state index in [0.29, 0.717) is 6.04 Å². The molecule has 2 aliphatic heterocycles. The van der Waals surface area contributed by atoms with Gasteiger partial charge in [0.25, 0.3) is 0 Å². The third-order valence-corrected chi connectivity index (χ3v) is 3.92. The van der Waals surface area contributed by atoms with Crippen LogP contribution in [-0.4, -0.2) is 18.5 Å². The quantitative estimate of drug-likeness (QED) is 0.867. The smallest absolute Gasteiger partial charge is 0.0453 e. The van der Waals surface area contributed by atoms with Crippen LogP contribution in [0.15, 0.2) is 54.8 Å². The summed E-state index contributed by atoms with van der Waals surface area (Å²) in [4.78, 5) is 2.45. The van der Waals surface area contributed by atoms with Gasteiger partial charge in [-0.25, -0.2) is 0 Å². The average Bonchev–Trinajstić information content (AvgIpc) is 2.71. The summed E-state index contributed by atoms with van der Waals surface area (Å²) in [7, 11) is 2.22. The topological polar surface area (TPSA) is 15.3 Å². The van der Waals surface area contributed by atoms with Crippen LogP contribution in [0.4, 0.5) is 0 Å². The third kappa shape index (κ3) is 2.64. The largest absolute Gasteiger partial charge is 0.361 e. The summed E-state index contributed by atoms with van der Waals surface area (Å²) in [5.74, 6) is 0. The number of nitrogens with zero attached hydrogens (tertiary/aromatic N) is 1. The van der Waals surface area contributed by atoms with Gasteiger partial charge in [0.05, 0.1) is 0 Å². The molecule has 0 bridgehead atoms. The van der Waals surface area contributed by atoms with E-state index in [-0.39, 0.29) is 0 Å². The molecule has 0 amide bonds. The molecule has 0 spiro atoms. The molecular formula is C17H20N2. The van der Waals surface area contributed by atoms with Crippen molar-refractivity contribution in [2.45, 2.75) is 18.9 Å². The summed E-state index contributed by atoms with van der Waals surface area (Å²) in [5, 5.41) is 3.33. The molecule has 1 fully saturated rings. The number of nitrogens with one attached hydrogen (secondary N) is 1. The average molecular weight is 252 g/mol. The van der Waals surface area contributed by atoms with Crippen molar-refractivity contribution in [1.82, 2.24) is 10.2 Å². The first-order chi connectivity index (χ1) is 9.34. The monoisotopic (exact) mass is 252 g/mol. The van der Waals surface area contributed by atoms with Gasteiger partial charge in [0, 0.05) is 17.9 Å². The maximum Gasteiger partial charge on any atom is 0.0453 e. The van der Waals surface area contributed by atoms with Gasteiger partial charge in [-0.05, 0) is 55.8 Å². The van der Waals surface area contributed by atoms with Crippen LogP contribution in [0.25, 0.3) is 5.70 Å². The van der Waals surface area contributed by atoms with E-state index in [2.05, 4.69) is 53.7 Å². The van der Waals surface area contributed by atoms with Gasteiger partial charge in [-0.15, -0.1) is 0 Å². The second-order valence-corrected chi connectivity index (χ2v) is 5.23. The predicted molar refractivity (Wildman–Crippen MR) is 80.4 cm³/mol. The van der Waals surface area contributed by atoms with E-state index in [1.807, 2.05) is 18.4 Å². The lowest BCUT2D eigenvalue weighted by molar-refractivity contribution is 0.317. The van der Waals surface area contributed by atoms with Crippen LogP contribution in [0.3, 0.4) is 0 Å². The van der Waals surface area contributed by atoms with Crippen LogP contribution < -0.4 is 5.32 Å². The fourth-order valence-electron chi connectivity index (χ4n) is 2.88. The summed E-state index contributed by atoms with van der Waals surface area (Å²) in [5.41, 5.74) is 3.85. The molecule has 0 aromatic heterocycles. The first-order valence-electron chi connectivity index (χ1n) is 6.95. The predicted octanol–water partition coefficient (Wildman–Crippen LogP) is 3.47. The molecule has 2 heterocycles. The molecular weight excluding hydrogens is 232 g/mol. The van der Waals surface area contributed by atoms with E-state index in [4.69, 9.17) is 0 Å². The highest BCUT2D eigenvalue weighted by atomic mass is 15.1. The van der Waals surface area contributed by atoms with Gasteiger partial charge in [-0.3, -0.25) is 4.90 Å². The first kappa shape index (κ1) is 12.2. The summed E-state index contributed by atoms with van der Waals surface area (Å²) < 4.78 is 0. The van der Waals surface area contributed by atoms with Crippen LogP contribution in [-0.2, 0) is 0 Å². The maximum atomic E-state index is 3.33. The summed E-state index contributed by atoms with van der Waals surface area (Å²) in [6.45, 7) is 1.21. The van der Waals surface area contributed by atoms with Gasteiger partial charge in [0.1, 0.15) is 0 Å². The summed E-state index contributed by atoms with van der Waals surface area (Å²) in [6, 6.07) is 9.48. The fraction of sp³-hybridized carbons (Fsp3) is 0.294. The van der Waals surface area contributed by atoms with Crippen molar-refractivity contribution < 1.29 is 0 Å². The van der Waals surface area contributed by atoms with Crippen LogP contribution in [0, 0.1) is 0 Å². The Morgan fingerprint density at radius 1 is 1.21 bits per heavy atom. The molecule has 0 radical (unpaired) electrons. The van der Waals surface area contributed by atoms with Gasteiger partial charge in [0.2, 0.25) is 0 Å². The molecule has 2 heteroatoms. The van der Waals surface area contributed by atoms with Crippen molar-refractivity contribution in [3.05, 3.63) is 65.9 Å². The van der Waals surface area contributed by atoms with Crippen molar-refractivity contribution in [1.29, 1.82) is 0 Å². The van der Waals surface area contributed by atoms with Crippen LogP contribution >= 0.6 is 0 Å². The Labute approximate surface area is 115 Å². The molecule has 1 saturated heterocycles. The molecule has 2 aliphatic rings. The van der Waals surface area contributed by atoms with Gasteiger partial charge in [-0.1, -0.05) is 30.4 Å². The van der Waals surface area contributed by atoms with E-state index in [1.54, 1.807) is 0 Å². The van der Waals surface area contributed by atoms with Crippen molar-refractivity contribution in [2.75, 3.05) is 13.6 Å². The molecule has 3 rings (SSSR count). The Balaban J connectivity index is 1.89. The molecule has 2 nitrogen and oxygen atoms in total. The van der Waals surface area contributed by atoms with Crippen LogP contribution in [0.5, 0.6) is 0 Å². The summed E-state index contributed by atoms with van der Waals surface area (Å²) in [6.07, 6.45) is 12.8. The third-order valence-electron chi connectivity index (χ3n) is 3.92. The van der Waals surface area contributed by atoms with E-state index in [1.165, 1.54) is 30.5 Å². The van der Waals surface area contributed by atoms with Crippen molar-refractivity contribution in [3.63, 3.8) is 0 Å². The fourth-order valence-corrected chi connectivity index (χ4v) is 2.88. The number of allylic oxidation sites excluding steroid dienone is 4. The molecule has 1 atom stereocenters. The minimum Gasteiger partial charge on any atom is -0.361 e. The molecule has 0 aliphatic carbocycles. The standard InChI is InChI=1S/C17H20N2/c1-19-12-6-10-17(19)15-8-5-7-14(13-15)16-9-3-2-4-11-18-16/h2-5,7-9,11,13,17-18H,6,10,12H2,1H3. The summed E-state index contributed by atoms with van der Waals surface area (Å²) >= 11 is 0. The van der Waals surface area contributed by atoms with Gasteiger partial charge < -0.3 is 5.32 Å². The lowest BCUT2D eigenvalue weighted by Gasteiger charge is -2.20. The Morgan fingerprint density at radius 3 is 3.00 bits per heavy atom. The van der Waals surface area contributed by atoms with E-state index >= 15 is 0 Å². The molecule has 1 aromatic carbocycles. The Hall–Kier alpha value is -1.80. The number of benzene rings is 1. The second-order valence-electron chi connectivity index (χ2n) is 5.23. The molecule has 98 valence electrons. The normalized spacial score (nSPS) is 23.0. The molecule has 19 heavy (non-hydrogen) atoms. The maximum absolute atomic E-state index is 3.33. The molecule has 0 saturated carbocycles. The Morgan fingerprint density at radius 2 is 2.16 bits per heavy atom. The SMILES string of the molecule is CN1CCCC1c1cccc(C2=CC=CC=CN2)c1. The minimum atomic E-state index is 0.581. The van der Waals surface area contributed by atoms with Crippen molar-refractivity contribution in [2.24, 2.45) is 0 Å². The van der Waals surface area contributed by atoms with Crippen LogP contribution in [0.2, 0.25) is 0 Å². The zero-order valence-electron chi connectivity index (χ0n) is 11.3. The molecule has 1 N–H and O–H groups in total. The number of hydrogen-bond donors (Lipinski definition) is 1. The highest BCUT2D eigenvalue weighted by Crippen LogP contribution is 2.31. The number of rotatable bonds is 2. The highest BCUT2D eigenvalue weighted by molar-refractivity contribution is 5.67. The Kier molecular flexibility index (Phi) is 3.51. The molecule has 1 aromatic rings. The highest BCUT2D eigenvalue weighted by Gasteiger charge is 2.22. The minimum absolute atomic E-state index is 0.581. The lowest BCUT2D eigenvalue weighted by atomic mass is 10.0. The first-order valence-corrected chi connectivity index (χ1v) is 6.95. The van der Waals surface area contributed by atoms with Gasteiger partial charge in [0.15, 0.2) is 0 Å². The van der Waals surface area contributed by atoms with Crippen molar-refractivity contribution in [3.8, 4) is 0 Å². The second kappa shape index (κ2) is 5.45. The lowest BCUT2D eigenvalue weighted by Crippen LogP contribution is -2.17. The van der Waals surface area contributed by atoms with Crippen molar-refractivity contribution >= 4 is 5.70 Å². The number of hydrogen-bond acceptors (Lipinski definition) is 2. The van der Waals surface area contributed by atoms with Gasteiger partial charge in [-0.2, -0.15) is 0 Å². The number of likely N-dealkylation sites (tertiary alicyclic amines) is 1. The Bertz CT molecular complexity index is 540. The zero-order chi connectivity index (χ0) is 13.1. The van der Waals surface area contributed by atoms with E-state index in [0.717, 1.165) is 5.70 Å². The molecule has 1 unspecified atom stereocenters. The zero-order valence-corrected chi connectivity index (χ0v) is 11.3. The van der Waals surface area contributed by atoms with Gasteiger partial charge >= 0.3 is 0 Å². The van der Waals surface area contributed by atoms with E-state index in [9.17, 15) is 0 Å². The van der Waals surface area contributed by atoms with Crippen LogP contribution in [0.1, 0.15) is 30.0 Å².